The molecule has 0 fully saturated rings. The van der Waals surface area contributed by atoms with Gasteiger partial charge < -0.3 is 24.4 Å². The lowest BCUT2D eigenvalue weighted by molar-refractivity contribution is 0.0528. The van der Waals surface area contributed by atoms with E-state index in [0.717, 1.165) is 11.3 Å². The number of sulfonamides is 1. The molecular formula is C35H39N3O7S. The van der Waals surface area contributed by atoms with Crippen molar-refractivity contribution in [2.75, 3.05) is 36.9 Å². The van der Waals surface area contributed by atoms with Crippen molar-refractivity contribution in [3.63, 3.8) is 0 Å². The highest BCUT2D eigenvalue weighted by molar-refractivity contribution is 7.92. The number of rotatable bonds is 12. The second kappa shape index (κ2) is 14.8. The summed E-state index contributed by atoms with van der Waals surface area (Å²) in [5, 5.41) is 2.79. The van der Waals surface area contributed by atoms with E-state index in [-0.39, 0.29) is 10.6 Å². The summed E-state index contributed by atoms with van der Waals surface area (Å²) in [4.78, 5) is 26.3. The van der Waals surface area contributed by atoms with E-state index < -0.39 is 27.7 Å². The van der Waals surface area contributed by atoms with Crippen LogP contribution in [0.3, 0.4) is 0 Å². The molecule has 0 radical (unpaired) electrons. The third kappa shape index (κ3) is 9.24. The standard InChI is InChI=1S/C35H39N3O7S/c1-35(2,3)45-34(40)36-19-20-38(24-25-11-7-6-8-12-25)30-16-10-15-29(23-30)37-46(41,42)32-22-27(17-18-31(32)43-4)26-13-9-14-28(21-26)33(39)44-5/h6-18,21-23,37H,19-20,24H2,1-5H3,(H,36,40). The lowest BCUT2D eigenvalue weighted by Gasteiger charge is -2.26. The highest BCUT2D eigenvalue weighted by atomic mass is 32.2. The van der Waals surface area contributed by atoms with Crippen molar-refractivity contribution < 1.29 is 32.2 Å². The van der Waals surface area contributed by atoms with Crippen molar-refractivity contribution in [1.82, 2.24) is 5.32 Å². The Morgan fingerprint density at radius 1 is 0.826 bits per heavy atom. The van der Waals surface area contributed by atoms with Crippen LogP contribution in [0.2, 0.25) is 0 Å². The fourth-order valence-corrected chi connectivity index (χ4v) is 5.94. The molecule has 0 bridgehead atoms. The number of amides is 1. The van der Waals surface area contributed by atoms with Crippen LogP contribution in [0.5, 0.6) is 5.75 Å². The number of methoxy groups -OCH3 is 2. The van der Waals surface area contributed by atoms with E-state index in [4.69, 9.17) is 14.2 Å². The zero-order chi connectivity index (χ0) is 33.3. The highest BCUT2D eigenvalue weighted by Crippen LogP contribution is 2.32. The van der Waals surface area contributed by atoms with Crippen LogP contribution in [0.15, 0.2) is 102 Å². The number of benzene rings is 4. The van der Waals surface area contributed by atoms with E-state index in [1.165, 1.54) is 20.3 Å². The second-order valence-electron chi connectivity index (χ2n) is 11.4. The minimum Gasteiger partial charge on any atom is -0.495 e. The zero-order valence-corrected chi connectivity index (χ0v) is 27.4. The predicted molar refractivity (Wildman–Crippen MR) is 179 cm³/mol. The first-order chi connectivity index (χ1) is 21.9. The Labute approximate surface area is 270 Å². The Morgan fingerprint density at radius 3 is 2.24 bits per heavy atom. The van der Waals surface area contributed by atoms with Crippen LogP contribution in [0.4, 0.5) is 16.2 Å². The van der Waals surface area contributed by atoms with E-state index >= 15 is 0 Å². The van der Waals surface area contributed by atoms with Crippen LogP contribution >= 0.6 is 0 Å². The van der Waals surface area contributed by atoms with Gasteiger partial charge in [0, 0.05) is 25.3 Å². The fraction of sp³-hybridized carbons (Fsp3) is 0.257. The molecule has 0 aliphatic carbocycles. The predicted octanol–water partition coefficient (Wildman–Crippen LogP) is 6.48. The summed E-state index contributed by atoms with van der Waals surface area (Å²) in [6.45, 7) is 6.66. The van der Waals surface area contributed by atoms with E-state index in [0.29, 0.717) is 42.0 Å². The van der Waals surface area contributed by atoms with Crippen molar-refractivity contribution in [3.8, 4) is 16.9 Å². The van der Waals surface area contributed by atoms with Gasteiger partial charge in [-0.05, 0) is 79.9 Å². The molecule has 0 heterocycles. The Bertz CT molecular complexity index is 1770. The number of nitrogens with zero attached hydrogens (tertiary/aromatic N) is 1. The fourth-order valence-electron chi connectivity index (χ4n) is 4.70. The van der Waals surface area contributed by atoms with Gasteiger partial charge in [0.1, 0.15) is 16.2 Å². The molecule has 0 aromatic heterocycles. The van der Waals surface area contributed by atoms with Gasteiger partial charge in [-0.3, -0.25) is 4.72 Å². The monoisotopic (exact) mass is 645 g/mol. The van der Waals surface area contributed by atoms with Gasteiger partial charge in [-0.25, -0.2) is 18.0 Å². The molecule has 2 N–H and O–H groups in total. The summed E-state index contributed by atoms with van der Waals surface area (Å²) in [5.41, 5.74) is 3.08. The average molecular weight is 646 g/mol. The first-order valence-electron chi connectivity index (χ1n) is 14.6. The van der Waals surface area contributed by atoms with Crippen molar-refractivity contribution in [2.24, 2.45) is 0 Å². The molecule has 0 atom stereocenters. The number of esters is 1. The Balaban J connectivity index is 1.60. The van der Waals surface area contributed by atoms with Gasteiger partial charge in [0.2, 0.25) is 0 Å². The maximum absolute atomic E-state index is 13.8. The number of carbonyl (C=O) groups is 2. The van der Waals surface area contributed by atoms with Crippen molar-refractivity contribution in [3.05, 3.63) is 108 Å². The third-order valence-corrected chi connectivity index (χ3v) is 8.20. The van der Waals surface area contributed by atoms with Crippen LogP contribution in [0.1, 0.15) is 36.7 Å². The number of ether oxygens (including phenoxy) is 3. The van der Waals surface area contributed by atoms with Gasteiger partial charge in [-0.15, -0.1) is 0 Å². The van der Waals surface area contributed by atoms with Crippen LogP contribution in [-0.4, -0.2) is 53.4 Å². The molecule has 46 heavy (non-hydrogen) atoms. The van der Waals surface area contributed by atoms with Gasteiger partial charge >= 0.3 is 12.1 Å². The molecule has 4 rings (SSSR count). The van der Waals surface area contributed by atoms with Gasteiger partial charge in [0.15, 0.2) is 0 Å². The molecule has 242 valence electrons. The topological polar surface area (TPSA) is 123 Å². The van der Waals surface area contributed by atoms with E-state index in [2.05, 4.69) is 10.0 Å². The highest BCUT2D eigenvalue weighted by Gasteiger charge is 2.22. The summed E-state index contributed by atoms with van der Waals surface area (Å²) in [5.74, 6) is -0.331. The normalized spacial score (nSPS) is 11.3. The lowest BCUT2D eigenvalue weighted by Crippen LogP contribution is -2.38. The largest absolute Gasteiger partial charge is 0.495 e. The van der Waals surface area contributed by atoms with Gasteiger partial charge in [-0.1, -0.05) is 54.6 Å². The summed E-state index contributed by atoms with van der Waals surface area (Å²) < 4.78 is 45.8. The molecule has 0 saturated carbocycles. The van der Waals surface area contributed by atoms with E-state index in [1.807, 2.05) is 41.3 Å². The molecule has 10 nitrogen and oxygen atoms in total. The third-order valence-electron chi connectivity index (χ3n) is 6.80. The SMILES string of the molecule is COC(=O)c1cccc(-c2ccc(OC)c(S(=O)(=O)Nc3cccc(N(CCNC(=O)OC(C)(C)C)Cc4ccccc4)c3)c2)c1. The van der Waals surface area contributed by atoms with E-state index in [1.54, 1.807) is 75.4 Å². The summed E-state index contributed by atoms with van der Waals surface area (Å²) in [6, 6.07) is 28.4. The second-order valence-corrected chi connectivity index (χ2v) is 13.1. The van der Waals surface area contributed by atoms with Gasteiger partial charge in [0.05, 0.1) is 25.5 Å². The zero-order valence-electron chi connectivity index (χ0n) is 26.6. The molecule has 0 aliphatic heterocycles. The number of nitrogens with one attached hydrogen (secondary N) is 2. The summed E-state index contributed by atoms with van der Waals surface area (Å²) in [6.07, 6.45) is -0.512. The molecule has 1 amide bonds. The number of anilines is 2. The first-order valence-corrected chi connectivity index (χ1v) is 16.1. The number of hydrogen-bond donors (Lipinski definition) is 2. The summed E-state index contributed by atoms with van der Waals surface area (Å²) in [7, 11) is -1.42. The molecule has 4 aromatic carbocycles. The van der Waals surface area contributed by atoms with Gasteiger partial charge in [-0.2, -0.15) is 0 Å². The minimum atomic E-state index is -4.12. The molecule has 11 heteroatoms. The summed E-state index contributed by atoms with van der Waals surface area (Å²) >= 11 is 0. The van der Waals surface area contributed by atoms with E-state index in [9.17, 15) is 18.0 Å². The van der Waals surface area contributed by atoms with Crippen LogP contribution < -0.4 is 19.7 Å². The molecule has 0 spiro atoms. The number of alkyl carbamates (subject to hydrolysis) is 1. The maximum atomic E-state index is 13.8. The van der Waals surface area contributed by atoms with Crippen LogP contribution in [0, 0.1) is 0 Å². The quantitative estimate of drug-likeness (QED) is 0.168. The van der Waals surface area contributed by atoms with Crippen molar-refractivity contribution in [1.29, 1.82) is 0 Å². The van der Waals surface area contributed by atoms with Crippen LogP contribution in [-0.2, 0) is 26.0 Å². The Hall–Kier alpha value is -5.03. The first kappa shape index (κ1) is 33.9. The molecule has 0 aliphatic rings. The molecular weight excluding hydrogens is 606 g/mol. The number of carbonyl (C=O) groups excluding carboxylic acids is 2. The van der Waals surface area contributed by atoms with Gasteiger partial charge in [0.25, 0.3) is 10.0 Å². The number of hydrogen-bond acceptors (Lipinski definition) is 8. The van der Waals surface area contributed by atoms with Crippen molar-refractivity contribution >= 4 is 33.5 Å². The Morgan fingerprint density at radius 2 is 1.54 bits per heavy atom. The maximum Gasteiger partial charge on any atom is 0.407 e. The minimum absolute atomic E-state index is 0.0657. The average Bonchev–Trinajstić information content (AvgIpc) is 3.03. The van der Waals surface area contributed by atoms with Crippen molar-refractivity contribution in [2.45, 2.75) is 37.8 Å². The molecule has 4 aromatic rings. The molecule has 0 unspecified atom stereocenters. The lowest BCUT2D eigenvalue weighted by atomic mass is 10.0. The smallest absolute Gasteiger partial charge is 0.407 e. The van der Waals surface area contributed by atoms with Crippen LogP contribution in [0.25, 0.3) is 11.1 Å². The Kier molecular flexibility index (Phi) is 10.9. The molecule has 0 saturated heterocycles.